The first kappa shape index (κ1) is 21.5. The Bertz CT molecular complexity index is 776. The first-order valence-corrected chi connectivity index (χ1v) is 9.65. The molecule has 2 rings (SSSR count). The van der Waals surface area contributed by atoms with Gasteiger partial charge < -0.3 is 14.6 Å². The molecule has 0 aliphatic carbocycles. The van der Waals surface area contributed by atoms with E-state index in [2.05, 4.69) is 6.92 Å². The Hall–Kier alpha value is -2.82. The Morgan fingerprint density at radius 3 is 2.04 bits per heavy atom. The minimum absolute atomic E-state index is 0.0766. The largest absolute Gasteiger partial charge is 0.508 e. The normalized spacial score (nSPS) is 11.1. The quantitative estimate of drug-likeness (QED) is 0.350. The Balaban J connectivity index is 1.91. The molecule has 5 nitrogen and oxygen atoms in total. The minimum Gasteiger partial charge on any atom is -0.508 e. The van der Waals surface area contributed by atoms with Gasteiger partial charge >= 0.3 is 11.9 Å². The second kappa shape index (κ2) is 9.93. The molecule has 28 heavy (non-hydrogen) atoms. The van der Waals surface area contributed by atoms with Crippen LogP contribution in [0.25, 0.3) is 0 Å². The number of carbonyl (C=O) groups excluding carboxylic acids is 2. The molecule has 5 heteroatoms. The molecule has 0 amide bonds. The summed E-state index contributed by atoms with van der Waals surface area (Å²) in [7, 11) is 0. The van der Waals surface area contributed by atoms with Gasteiger partial charge in [-0.3, -0.25) is 0 Å². The SMILES string of the molecule is CCCCCCC(C)(C)OC(=O)c1ccc(OC(=O)c2ccc(O)cc2)cc1. The van der Waals surface area contributed by atoms with Gasteiger partial charge in [0.05, 0.1) is 11.1 Å². The summed E-state index contributed by atoms with van der Waals surface area (Å²) in [5, 5.41) is 9.27. The van der Waals surface area contributed by atoms with E-state index in [0.29, 0.717) is 16.9 Å². The third kappa shape index (κ3) is 6.72. The smallest absolute Gasteiger partial charge is 0.343 e. The first-order chi connectivity index (χ1) is 13.3. The van der Waals surface area contributed by atoms with Crippen molar-refractivity contribution in [1.29, 1.82) is 0 Å². The summed E-state index contributed by atoms with van der Waals surface area (Å²) < 4.78 is 10.9. The van der Waals surface area contributed by atoms with Crippen molar-refractivity contribution in [2.45, 2.75) is 58.5 Å². The Kier molecular flexibility index (Phi) is 7.61. The van der Waals surface area contributed by atoms with Crippen molar-refractivity contribution in [3.05, 3.63) is 59.7 Å². The van der Waals surface area contributed by atoms with Crippen molar-refractivity contribution in [1.82, 2.24) is 0 Å². The lowest BCUT2D eigenvalue weighted by atomic mass is 10.00. The molecule has 0 bridgehead atoms. The summed E-state index contributed by atoms with van der Waals surface area (Å²) in [6, 6.07) is 12.1. The third-order valence-electron chi connectivity index (χ3n) is 4.40. The highest BCUT2D eigenvalue weighted by Gasteiger charge is 2.23. The van der Waals surface area contributed by atoms with Gasteiger partial charge in [-0.05, 0) is 75.2 Å². The maximum absolute atomic E-state index is 12.4. The van der Waals surface area contributed by atoms with E-state index in [4.69, 9.17) is 9.47 Å². The van der Waals surface area contributed by atoms with Crippen LogP contribution in [-0.4, -0.2) is 22.6 Å². The number of benzene rings is 2. The fourth-order valence-electron chi connectivity index (χ4n) is 2.76. The molecule has 0 radical (unpaired) electrons. The molecular formula is C23H28O5. The Labute approximate surface area is 166 Å². The summed E-state index contributed by atoms with van der Waals surface area (Å²) in [5.41, 5.74) is 0.214. The van der Waals surface area contributed by atoms with Crippen LogP contribution >= 0.6 is 0 Å². The van der Waals surface area contributed by atoms with Crippen LogP contribution in [0, 0.1) is 0 Å². The summed E-state index contributed by atoms with van der Waals surface area (Å²) in [4.78, 5) is 24.5. The average Bonchev–Trinajstić information content (AvgIpc) is 2.66. The standard InChI is InChI=1S/C23H28O5/c1-4-5-6-7-16-23(2,3)28-22(26)18-10-14-20(15-11-18)27-21(25)17-8-12-19(24)13-9-17/h8-15,24H,4-7,16H2,1-3H3. The monoisotopic (exact) mass is 384 g/mol. The number of unbranched alkanes of at least 4 members (excludes halogenated alkanes) is 3. The molecule has 0 spiro atoms. The van der Waals surface area contributed by atoms with E-state index in [-0.39, 0.29) is 5.75 Å². The third-order valence-corrected chi connectivity index (χ3v) is 4.40. The molecule has 0 atom stereocenters. The van der Waals surface area contributed by atoms with E-state index < -0.39 is 17.5 Å². The molecule has 0 unspecified atom stereocenters. The predicted molar refractivity (Wildman–Crippen MR) is 108 cm³/mol. The lowest BCUT2D eigenvalue weighted by Crippen LogP contribution is -2.28. The highest BCUT2D eigenvalue weighted by Crippen LogP contribution is 2.22. The van der Waals surface area contributed by atoms with E-state index in [9.17, 15) is 14.7 Å². The van der Waals surface area contributed by atoms with Gasteiger partial charge in [0.15, 0.2) is 0 Å². The fourth-order valence-corrected chi connectivity index (χ4v) is 2.76. The molecule has 0 aromatic heterocycles. The van der Waals surface area contributed by atoms with Gasteiger partial charge in [-0.25, -0.2) is 9.59 Å². The Morgan fingerprint density at radius 1 is 0.857 bits per heavy atom. The van der Waals surface area contributed by atoms with Crippen molar-refractivity contribution in [2.24, 2.45) is 0 Å². The number of ether oxygens (including phenoxy) is 2. The second-order valence-electron chi connectivity index (χ2n) is 7.42. The number of phenols is 1. The zero-order valence-electron chi connectivity index (χ0n) is 16.7. The lowest BCUT2D eigenvalue weighted by molar-refractivity contribution is -0.00550. The molecule has 2 aromatic rings. The van der Waals surface area contributed by atoms with E-state index in [1.54, 1.807) is 24.3 Å². The van der Waals surface area contributed by atoms with Crippen LogP contribution in [0.3, 0.4) is 0 Å². The number of aromatic hydroxyl groups is 1. The van der Waals surface area contributed by atoms with E-state index in [0.717, 1.165) is 19.3 Å². The average molecular weight is 384 g/mol. The first-order valence-electron chi connectivity index (χ1n) is 9.65. The summed E-state index contributed by atoms with van der Waals surface area (Å²) in [6.45, 7) is 6.01. The van der Waals surface area contributed by atoms with Gasteiger partial charge in [0.2, 0.25) is 0 Å². The fraction of sp³-hybridized carbons (Fsp3) is 0.391. The molecule has 2 aromatic carbocycles. The zero-order chi connectivity index (χ0) is 20.6. The highest BCUT2D eigenvalue weighted by molar-refractivity contribution is 5.92. The van der Waals surface area contributed by atoms with Crippen LogP contribution in [0.5, 0.6) is 11.5 Å². The van der Waals surface area contributed by atoms with Crippen molar-refractivity contribution in [3.8, 4) is 11.5 Å². The summed E-state index contributed by atoms with van der Waals surface area (Å²) in [5.74, 6) is -0.526. The number of carbonyl (C=O) groups is 2. The van der Waals surface area contributed by atoms with Gasteiger partial charge in [0.25, 0.3) is 0 Å². The van der Waals surface area contributed by atoms with Gasteiger partial charge in [-0.15, -0.1) is 0 Å². The van der Waals surface area contributed by atoms with Crippen LogP contribution in [0.2, 0.25) is 0 Å². The zero-order valence-corrected chi connectivity index (χ0v) is 16.7. The molecule has 0 fully saturated rings. The van der Waals surface area contributed by atoms with Crippen LogP contribution in [-0.2, 0) is 4.74 Å². The minimum atomic E-state index is -0.538. The van der Waals surface area contributed by atoms with E-state index in [1.807, 2.05) is 13.8 Å². The maximum Gasteiger partial charge on any atom is 0.343 e. The van der Waals surface area contributed by atoms with Crippen molar-refractivity contribution >= 4 is 11.9 Å². The molecule has 0 aliphatic heterocycles. The van der Waals surface area contributed by atoms with Crippen molar-refractivity contribution < 1.29 is 24.2 Å². The number of hydrogen-bond acceptors (Lipinski definition) is 5. The maximum atomic E-state index is 12.4. The molecular weight excluding hydrogens is 356 g/mol. The lowest BCUT2D eigenvalue weighted by Gasteiger charge is -2.25. The molecule has 0 heterocycles. The Morgan fingerprint density at radius 2 is 1.43 bits per heavy atom. The molecule has 0 saturated heterocycles. The van der Waals surface area contributed by atoms with Crippen LogP contribution in [0.15, 0.2) is 48.5 Å². The second-order valence-corrected chi connectivity index (χ2v) is 7.42. The number of rotatable bonds is 9. The molecule has 150 valence electrons. The van der Waals surface area contributed by atoms with Crippen LogP contribution in [0.1, 0.15) is 73.6 Å². The molecule has 0 aliphatic rings. The van der Waals surface area contributed by atoms with Crippen LogP contribution in [0.4, 0.5) is 0 Å². The van der Waals surface area contributed by atoms with Gasteiger partial charge in [0.1, 0.15) is 17.1 Å². The summed E-state index contributed by atoms with van der Waals surface area (Å²) >= 11 is 0. The predicted octanol–water partition coefficient (Wildman–Crippen LogP) is 5.52. The number of esters is 2. The van der Waals surface area contributed by atoms with Gasteiger partial charge in [-0.1, -0.05) is 26.2 Å². The van der Waals surface area contributed by atoms with Gasteiger partial charge in [-0.2, -0.15) is 0 Å². The topological polar surface area (TPSA) is 72.8 Å². The van der Waals surface area contributed by atoms with Crippen molar-refractivity contribution in [3.63, 3.8) is 0 Å². The van der Waals surface area contributed by atoms with E-state index in [1.165, 1.54) is 37.1 Å². The number of hydrogen-bond donors (Lipinski definition) is 1. The van der Waals surface area contributed by atoms with Gasteiger partial charge in [0, 0.05) is 0 Å². The van der Waals surface area contributed by atoms with Crippen molar-refractivity contribution in [2.75, 3.05) is 0 Å². The van der Waals surface area contributed by atoms with E-state index >= 15 is 0 Å². The van der Waals surface area contributed by atoms with Crippen LogP contribution < -0.4 is 4.74 Å². The highest BCUT2D eigenvalue weighted by atomic mass is 16.6. The molecule has 0 saturated carbocycles. The molecule has 1 N–H and O–H groups in total. The summed E-state index contributed by atoms with van der Waals surface area (Å²) in [6.07, 6.45) is 5.35. The number of phenolic OH excluding ortho intramolecular Hbond substituents is 1.